The number of rotatable bonds is 4. The quantitative estimate of drug-likeness (QED) is 0.787. The summed E-state index contributed by atoms with van der Waals surface area (Å²) in [5, 5.41) is 11.6. The Morgan fingerprint density at radius 3 is 2.24 bits per heavy atom. The molecular formula is C14H10BrFN2O3. The van der Waals surface area contributed by atoms with Gasteiger partial charge in [-0.15, -0.1) is 0 Å². The first-order valence-corrected chi connectivity index (χ1v) is 6.57. The Balaban J connectivity index is 2.30. The summed E-state index contributed by atoms with van der Waals surface area (Å²) in [6.07, 6.45) is 0. The summed E-state index contributed by atoms with van der Waals surface area (Å²) in [5.74, 6) is -2.47. The van der Waals surface area contributed by atoms with Crippen LogP contribution in [-0.4, -0.2) is 17.0 Å². The highest BCUT2D eigenvalue weighted by molar-refractivity contribution is 9.10. The van der Waals surface area contributed by atoms with Crippen molar-refractivity contribution in [1.82, 2.24) is 0 Å². The lowest BCUT2D eigenvalue weighted by atomic mass is 10.1. The van der Waals surface area contributed by atoms with Crippen molar-refractivity contribution in [3.63, 3.8) is 0 Å². The molecule has 0 radical (unpaired) electrons. The molecule has 4 N–H and O–H groups in total. The summed E-state index contributed by atoms with van der Waals surface area (Å²) in [6.45, 7) is 0. The maximum Gasteiger partial charge on any atom is 0.335 e. The van der Waals surface area contributed by atoms with Crippen LogP contribution in [0.3, 0.4) is 0 Å². The van der Waals surface area contributed by atoms with Gasteiger partial charge in [0.25, 0.3) is 0 Å². The molecule has 2 aromatic carbocycles. The molecule has 5 nitrogen and oxygen atoms in total. The highest BCUT2D eigenvalue weighted by Gasteiger charge is 2.10. The molecule has 0 aliphatic carbocycles. The van der Waals surface area contributed by atoms with Crippen LogP contribution in [0.2, 0.25) is 0 Å². The van der Waals surface area contributed by atoms with Crippen LogP contribution in [0.15, 0.2) is 40.9 Å². The molecule has 0 fully saturated rings. The number of amides is 1. The molecule has 2 aromatic rings. The Labute approximate surface area is 127 Å². The van der Waals surface area contributed by atoms with E-state index in [0.29, 0.717) is 15.7 Å². The number of hydrogen-bond acceptors (Lipinski definition) is 3. The van der Waals surface area contributed by atoms with E-state index >= 15 is 0 Å². The van der Waals surface area contributed by atoms with Gasteiger partial charge in [0.15, 0.2) is 0 Å². The lowest BCUT2D eigenvalue weighted by molar-refractivity contribution is 0.0696. The van der Waals surface area contributed by atoms with Crippen molar-refractivity contribution in [2.24, 2.45) is 5.73 Å². The van der Waals surface area contributed by atoms with Crippen LogP contribution in [0.25, 0.3) is 0 Å². The molecule has 7 heteroatoms. The normalized spacial score (nSPS) is 10.2. The number of carbonyl (C=O) groups is 2. The zero-order chi connectivity index (χ0) is 15.6. The van der Waals surface area contributed by atoms with Gasteiger partial charge in [0, 0.05) is 10.0 Å². The molecule has 0 bridgehead atoms. The van der Waals surface area contributed by atoms with Crippen LogP contribution >= 0.6 is 15.9 Å². The summed E-state index contributed by atoms with van der Waals surface area (Å²) in [4.78, 5) is 21.8. The van der Waals surface area contributed by atoms with Gasteiger partial charge in [0.1, 0.15) is 5.82 Å². The predicted molar refractivity (Wildman–Crippen MR) is 79.3 cm³/mol. The van der Waals surface area contributed by atoms with Gasteiger partial charge in [-0.2, -0.15) is 0 Å². The van der Waals surface area contributed by atoms with Crippen molar-refractivity contribution in [2.75, 3.05) is 5.32 Å². The number of primary amides is 1. The first-order chi connectivity index (χ1) is 9.88. The third-order valence-corrected chi connectivity index (χ3v) is 3.40. The molecular weight excluding hydrogens is 343 g/mol. The van der Waals surface area contributed by atoms with Crippen LogP contribution in [0.5, 0.6) is 0 Å². The first kappa shape index (κ1) is 15.0. The Morgan fingerprint density at radius 1 is 1.10 bits per heavy atom. The van der Waals surface area contributed by atoms with Crippen LogP contribution in [0, 0.1) is 5.82 Å². The minimum atomic E-state index is -1.20. The second-order valence-corrected chi connectivity index (χ2v) is 5.04. The van der Waals surface area contributed by atoms with Crippen molar-refractivity contribution in [1.29, 1.82) is 0 Å². The SMILES string of the molecule is NC(=O)c1ccc(Nc2ccc(C(=O)O)cc2F)c(Br)c1. The van der Waals surface area contributed by atoms with Crippen molar-refractivity contribution in [3.8, 4) is 0 Å². The van der Waals surface area contributed by atoms with Crippen LogP contribution < -0.4 is 11.1 Å². The minimum Gasteiger partial charge on any atom is -0.478 e. The molecule has 0 heterocycles. The van der Waals surface area contributed by atoms with Gasteiger partial charge in [0.2, 0.25) is 5.91 Å². The predicted octanol–water partition coefficient (Wildman–Crippen LogP) is 3.13. The van der Waals surface area contributed by atoms with E-state index in [0.717, 1.165) is 6.07 Å². The number of hydrogen-bond donors (Lipinski definition) is 3. The fourth-order valence-corrected chi connectivity index (χ4v) is 2.14. The zero-order valence-electron chi connectivity index (χ0n) is 10.6. The number of halogens is 2. The average molecular weight is 353 g/mol. The fraction of sp³-hybridized carbons (Fsp3) is 0. The van der Waals surface area contributed by atoms with Crippen LogP contribution in [0.1, 0.15) is 20.7 Å². The standard InChI is InChI=1S/C14H10BrFN2O3/c15-9-5-7(13(17)19)1-3-11(9)18-12-4-2-8(14(20)21)6-10(12)16/h1-6,18H,(H2,17,19)(H,20,21). The van der Waals surface area contributed by atoms with Crippen LogP contribution in [-0.2, 0) is 0 Å². The molecule has 108 valence electrons. The number of aromatic carboxylic acids is 1. The topological polar surface area (TPSA) is 92.4 Å². The third kappa shape index (κ3) is 3.38. The summed E-state index contributed by atoms with van der Waals surface area (Å²) in [7, 11) is 0. The van der Waals surface area contributed by atoms with Crippen molar-refractivity contribution in [2.45, 2.75) is 0 Å². The second-order valence-electron chi connectivity index (χ2n) is 4.18. The number of nitrogens with two attached hydrogens (primary N) is 1. The Bertz CT molecular complexity index is 673. The Hall–Kier alpha value is -2.41. The largest absolute Gasteiger partial charge is 0.478 e. The number of carbonyl (C=O) groups excluding carboxylic acids is 1. The molecule has 1 amide bonds. The van der Waals surface area contributed by atoms with Gasteiger partial charge in [-0.3, -0.25) is 4.79 Å². The number of carboxylic acid groups (broad SMARTS) is 1. The summed E-state index contributed by atoms with van der Waals surface area (Å²) in [5.41, 5.74) is 5.97. The molecule has 0 atom stereocenters. The number of nitrogens with one attached hydrogen (secondary N) is 1. The van der Waals surface area contributed by atoms with E-state index in [2.05, 4.69) is 21.2 Å². The van der Waals surface area contributed by atoms with Crippen molar-refractivity contribution < 1.29 is 19.1 Å². The van der Waals surface area contributed by atoms with Gasteiger partial charge in [-0.25, -0.2) is 9.18 Å². The van der Waals surface area contributed by atoms with E-state index in [1.807, 2.05) is 0 Å². The zero-order valence-corrected chi connectivity index (χ0v) is 12.1. The van der Waals surface area contributed by atoms with Gasteiger partial charge in [-0.05, 0) is 52.3 Å². The van der Waals surface area contributed by atoms with Gasteiger partial charge < -0.3 is 16.2 Å². The molecule has 21 heavy (non-hydrogen) atoms. The first-order valence-electron chi connectivity index (χ1n) is 5.77. The molecule has 0 saturated carbocycles. The highest BCUT2D eigenvalue weighted by atomic mass is 79.9. The van der Waals surface area contributed by atoms with Crippen molar-refractivity contribution in [3.05, 3.63) is 57.8 Å². The van der Waals surface area contributed by atoms with Crippen LogP contribution in [0.4, 0.5) is 15.8 Å². The van der Waals surface area contributed by atoms with E-state index < -0.39 is 17.7 Å². The maximum atomic E-state index is 13.8. The Kier molecular flexibility index (Phi) is 4.23. The molecule has 0 aromatic heterocycles. The number of benzene rings is 2. The summed E-state index contributed by atoms with van der Waals surface area (Å²) in [6, 6.07) is 8.12. The number of anilines is 2. The lowest BCUT2D eigenvalue weighted by Gasteiger charge is -2.10. The lowest BCUT2D eigenvalue weighted by Crippen LogP contribution is -2.10. The van der Waals surface area contributed by atoms with E-state index in [-0.39, 0.29) is 11.3 Å². The Morgan fingerprint density at radius 2 is 1.71 bits per heavy atom. The van der Waals surface area contributed by atoms with Gasteiger partial charge in [-0.1, -0.05) is 0 Å². The van der Waals surface area contributed by atoms with Gasteiger partial charge in [0.05, 0.1) is 16.9 Å². The molecule has 2 rings (SSSR count). The molecule has 0 aliphatic rings. The molecule has 0 saturated heterocycles. The fourth-order valence-electron chi connectivity index (χ4n) is 1.66. The van der Waals surface area contributed by atoms with Gasteiger partial charge >= 0.3 is 5.97 Å². The molecule has 0 spiro atoms. The number of carboxylic acids is 1. The smallest absolute Gasteiger partial charge is 0.335 e. The van der Waals surface area contributed by atoms with E-state index in [9.17, 15) is 14.0 Å². The summed E-state index contributed by atoms with van der Waals surface area (Å²) < 4.78 is 14.3. The van der Waals surface area contributed by atoms with E-state index in [1.54, 1.807) is 6.07 Å². The molecule has 0 aliphatic heterocycles. The monoisotopic (exact) mass is 352 g/mol. The summed E-state index contributed by atoms with van der Waals surface area (Å²) >= 11 is 3.25. The highest BCUT2D eigenvalue weighted by Crippen LogP contribution is 2.28. The molecule has 0 unspecified atom stereocenters. The third-order valence-electron chi connectivity index (χ3n) is 2.74. The second kappa shape index (κ2) is 5.92. The maximum absolute atomic E-state index is 13.8. The van der Waals surface area contributed by atoms with E-state index in [1.165, 1.54) is 24.3 Å². The van der Waals surface area contributed by atoms with Crippen molar-refractivity contribution >= 4 is 39.2 Å². The minimum absolute atomic E-state index is 0.118. The van der Waals surface area contributed by atoms with E-state index in [4.69, 9.17) is 10.8 Å². The average Bonchev–Trinajstić information content (AvgIpc) is 2.42.